The molecule has 1 unspecified atom stereocenters. The third kappa shape index (κ3) is 4.71. The highest BCUT2D eigenvalue weighted by Crippen LogP contribution is 2.20. The van der Waals surface area contributed by atoms with Crippen molar-refractivity contribution in [3.05, 3.63) is 53.3 Å². The van der Waals surface area contributed by atoms with E-state index in [9.17, 15) is 4.79 Å². The third-order valence-corrected chi connectivity index (χ3v) is 4.97. The monoisotopic (exact) mass is 356 g/mol. The maximum atomic E-state index is 12.0. The summed E-state index contributed by atoms with van der Waals surface area (Å²) in [6.07, 6.45) is 4.11. The summed E-state index contributed by atoms with van der Waals surface area (Å²) in [4.78, 5) is 16.9. The molecule has 26 heavy (non-hydrogen) atoms. The summed E-state index contributed by atoms with van der Waals surface area (Å²) in [7, 11) is 2.20. The van der Waals surface area contributed by atoms with Crippen LogP contribution in [-0.2, 0) is 17.8 Å². The Labute approximate surface area is 155 Å². The van der Waals surface area contributed by atoms with Gasteiger partial charge < -0.3 is 4.74 Å². The molecule has 0 radical (unpaired) electrons. The standard InChI is InChI=1S/C20H28N4O2/c1-3-26-20(25)19-17(12-21-22-19)14-24-11-7-10-18(15-24)23(2)13-16-8-5-4-6-9-16/h4-6,8-9,12,18H,3,7,10-11,13-15H2,1-2H3,(H,21,22). The van der Waals surface area contributed by atoms with Crippen LogP contribution in [0.3, 0.4) is 0 Å². The highest BCUT2D eigenvalue weighted by atomic mass is 16.5. The number of hydrogen-bond acceptors (Lipinski definition) is 5. The zero-order chi connectivity index (χ0) is 18.4. The maximum Gasteiger partial charge on any atom is 0.356 e. The molecule has 1 N–H and O–H groups in total. The molecule has 1 aromatic carbocycles. The van der Waals surface area contributed by atoms with Gasteiger partial charge in [0.2, 0.25) is 0 Å². The molecule has 1 aliphatic heterocycles. The normalized spacial score (nSPS) is 18.2. The summed E-state index contributed by atoms with van der Waals surface area (Å²) in [5.74, 6) is -0.324. The molecule has 140 valence electrons. The minimum atomic E-state index is -0.324. The quantitative estimate of drug-likeness (QED) is 0.773. The van der Waals surface area contributed by atoms with Gasteiger partial charge in [-0.3, -0.25) is 14.9 Å². The highest BCUT2D eigenvalue weighted by molar-refractivity contribution is 5.88. The number of aromatic amines is 1. The van der Waals surface area contributed by atoms with Crippen molar-refractivity contribution < 1.29 is 9.53 Å². The molecule has 0 bridgehead atoms. The zero-order valence-electron chi connectivity index (χ0n) is 15.6. The van der Waals surface area contributed by atoms with E-state index >= 15 is 0 Å². The van der Waals surface area contributed by atoms with E-state index in [1.807, 2.05) is 6.92 Å². The van der Waals surface area contributed by atoms with Gasteiger partial charge in [-0.2, -0.15) is 5.10 Å². The molecule has 0 saturated carbocycles. The van der Waals surface area contributed by atoms with Gasteiger partial charge in [0, 0.05) is 31.2 Å². The van der Waals surface area contributed by atoms with E-state index in [0.717, 1.165) is 38.2 Å². The van der Waals surface area contributed by atoms with Crippen molar-refractivity contribution in [3.63, 3.8) is 0 Å². The number of likely N-dealkylation sites (N-methyl/N-ethyl adjacent to an activating group) is 1. The average molecular weight is 356 g/mol. The van der Waals surface area contributed by atoms with Crippen molar-refractivity contribution in [1.82, 2.24) is 20.0 Å². The Morgan fingerprint density at radius 2 is 2.19 bits per heavy atom. The van der Waals surface area contributed by atoms with Crippen LogP contribution in [-0.4, -0.2) is 58.8 Å². The number of ether oxygens (including phenoxy) is 1. The molecule has 1 fully saturated rings. The summed E-state index contributed by atoms with van der Waals surface area (Å²) in [6.45, 7) is 5.90. The van der Waals surface area contributed by atoms with Gasteiger partial charge in [-0.1, -0.05) is 30.3 Å². The summed E-state index contributed by atoms with van der Waals surface area (Å²) >= 11 is 0. The van der Waals surface area contributed by atoms with Gasteiger partial charge in [-0.05, 0) is 38.9 Å². The van der Waals surface area contributed by atoms with Gasteiger partial charge >= 0.3 is 5.97 Å². The number of H-pyrrole nitrogens is 1. The van der Waals surface area contributed by atoms with Crippen LogP contribution < -0.4 is 0 Å². The van der Waals surface area contributed by atoms with Crippen molar-refractivity contribution in [1.29, 1.82) is 0 Å². The summed E-state index contributed by atoms with van der Waals surface area (Å²) in [5, 5.41) is 6.82. The minimum absolute atomic E-state index is 0.324. The van der Waals surface area contributed by atoms with Gasteiger partial charge in [0.25, 0.3) is 0 Å². The van der Waals surface area contributed by atoms with Crippen LogP contribution in [0.1, 0.15) is 41.4 Å². The number of carbonyl (C=O) groups is 1. The number of rotatable bonds is 7. The fourth-order valence-electron chi connectivity index (χ4n) is 3.59. The lowest BCUT2D eigenvalue weighted by Crippen LogP contribution is -2.45. The van der Waals surface area contributed by atoms with E-state index in [-0.39, 0.29) is 5.97 Å². The number of likely N-dealkylation sites (tertiary alicyclic amines) is 1. The average Bonchev–Trinajstić information content (AvgIpc) is 3.11. The van der Waals surface area contributed by atoms with Crippen molar-refractivity contribution in [2.24, 2.45) is 0 Å². The smallest absolute Gasteiger partial charge is 0.356 e. The molecule has 0 amide bonds. The lowest BCUT2D eigenvalue weighted by molar-refractivity contribution is 0.0515. The minimum Gasteiger partial charge on any atom is -0.461 e. The number of esters is 1. The molecular weight excluding hydrogens is 328 g/mol. The Balaban J connectivity index is 1.59. The third-order valence-electron chi connectivity index (χ3n) is 4.97. The second-order valence-electron chi connectivity index (χ2n) is 6.92. The number of carbonyl (C=O) groups excluding carboxylic acids is 1. The van der Waals surface area contributed by atoms with Crippen LogP contribution in [0.15, 0.2) is 36.5 Å². The fraction of sp³-hybridized carbons (Fsp3) is 0.500. The Bertz CT molecular complexity index is 701. The number of nitrogens with one attached hydrogen (secondary N) is 1. The summed E-state index contributed by atoms with van der Waals surface area (Å²) in [6, 6.07) is 11.1. The van der Waals surface area contributed by atoms with E-state index in [4.69, 9.17) is 4.74 Å². The molecular formula is C20H28N4O2. The predicted octanol–water partition coefficient (Wildman–Crippen LogP) is 2.68. The van der Waals surface area contributed by atoms with Gasteiger partial charge in [-0.25, -0.2) is 4.79 Å². The lowest BCUT2D eigenvalue weighted by atomic mass is 10.0. The topological polar surface area (TPSA) is 61.5 Å². The van der Waals surface area contributed by atoms with Gasteiger partial charge in [0.15, 0.2) is 0 Å². The predicted molar refractivity (Wildman–Crippen MR) is 101 cm³/mol. The van der Waals surface area contributed by atoms with Crippen LogP contribution in [0.25, 0.3) is 0 Å². The molecule has 3 rings (SSSR count). The molecule has 1 aliphatic rings. The number of aromatic nitrogens is 2. The van der Waals surface area contributed by atoms with E-state index < -0.39 is 0 Å². The highest BCUT2D eigenvalue weighted by Gasteiger charge is 2.25. The van der Waals surface area contributed by atoms with Crippen molar-refractivity contribution >= 4 is 5.97 Å². The second-order valence-corrected chi connectivity index (χ2v) is 6.92. The first kappa shape index (κ1) is 18.6. The molecule has 1 aromatic heterocycles. The lowest BCUT2D eigenvalue weighted by Gasteiger charge is -2.37. The Hall–Kier alpha value is -2.18. The fourth-order valence-corrected chi connectivity index (χ4v) is 3.59. The first-order valence-corrected chi connectivity index (χ1v) is 9.33. The van der Waals surface area contributed by atoms with E-state index in [0.29, 0.717) is 18.3 Å². The van der Waals surface area contributed by atoms with E-state index in [2.05, 4.69) is 57.4 Å². The summed E-state index contributed by atoms with van der Waals surface area (Å²) < 4.78 is 5.10. The van der Waals surface area contributed by atoms with Crippen LogP contribution in [0.2, 0.25) is 0 Å². The van der Waals surface area contributed by atoms with Crippen molar-refractivity contribution in [2.45, 2.75) is 38.9 Å². The Kier molecular flexibility index (Phi) is 6.41. The first-order chi connectivity index (χ1) is 12.7. The molecule has 6 nitrogen and oxygen atoms in total. The van der Waals surface area contributed by atoms with Gasteiger partial charge in [0.05, 0.1) is 12.8 Å². The number of piperidine rings is 1. The molecule has 2 heterocycles. The molecule has 6 heteroatoms. The largest absolute Gasteiger partial charge is 0.461 e. The van der Waals surface area contributed by atoms with Crippen LogP contribution in [0, 0.1) is 0 Å². The SMILES string of the molecule is CCOC(=O)c1[nH]ncc1CN1CCCC(N(C)Cc2ccccc2)C1. The maximum absolute atomic E-state index is 12.0. The molecule has 2 aromatic rings. The van der Waals surface area contributed by atoms with Crippen molar-refractivity contribution in [3.8, 4) is 0 Å². The van der Waals surface area contributed by atoms with E-state index in [1.54, 1.807) is 6.20 Å². The van der Waals surface area contributed by atoms with Crippen LogP contribution in [0.5, 0.6) is 0 Å². The molecule has 0 spiro atoms. The van der Waals surface area contributed by atoms with Gasteiger partial charge in [0.1, 0.15) is 5.69 Å². The van der Waals surface area contributed by atoms with Crippen LogP contribution >= 0.6 is 0 Å². The molecule has 0 aliphatic carbocycles. The molecule has 1 atom stereocenters. The Morgan fingerprint density at radius 1 is 1.38 bits per heavy atom. The van der Waals surface area contributed by atoms with Gasteiger partial charge in [-0.15, -0.1) is 0 Å². The number of hydrogen-bond donors (Lipinski definition) is 1. The van der Waals surface area contributed by atoms with E-state index in [1.165, 1.54) is 12.0 Å². The van der Waals surface area contributed by atoms with Crippen LogP contribution in [0.4, 0.5) is 0 Å². The zero-order valence-corrected chi connectivity index (χ0v) is 15.6. The first-order valence-electron chi connectivity index (χ1n) is 9.33. The number of benzene rings is 1. The molecule has 1 saturated heterocycles. The van der Waals surface area contributed by atoms with Crippen molar-refractivity contribution in [2.75, 3.05) is 26.7 Å². The Morgan fingerprint density at radius 3 is 2.96 bits per heavy atom. The second kappa shape index (κ2) is 8.96. The summed E-state index contributed by atoms with van der Waals surface area (Å²) in [5.41, 5.74) is 2.73. The number of nitrogens with zero attached hydrogens (tertiary/aromatic N) is 3.